The minimum absolute atomic E-state index is 0.243. The van der Waals surface area contributed by atoms with Crippen LogP contribution in [0.15, 0.2) is 0 Å². The smallest absolute Gasteiger partial charge is 0.337 e. The first-order valence-electron chi connectivity index (χ1n) is 3.90. The number of methoxy groups -OCH3 is 1. The fourth-order valence-corrected chi connectivity index (χ4v) is 1.29. The SMILES string of the molecule is COC(=O)[C@@H]1OC(C)(C)O[C@@H]1C. The standard InChI is InChI=1S/C8H14O4/c1-5-6(7(9)10-4)12-8(2,3)11-5/h5-6H,1-4H3/t5-,6-/m1/s1. The Kier molecular flexibility index (Phi) is 2.39. The Balaban J connectivity index is 2.64. The molecule has 0 spiro atoms. The summed E-state index contributed by atoms with van der Waals surface area (Å²) in [6.45, 7) is 5.33. The normalized spacial score (nSPS) is 33.3. The number of hydrogen-bond acceptors (Lipinski definition) is 4. The number of carbonyl (C=O) groups excluding carboxylic acids is 1. The summed E-state index contributed by atoms with van der Waals surface area (Å²) in [7, 11) is 1.34. The van der Waals surface area contributed by atoms with E-state index in [-0.39, 0.29) is 12.1 Å². The molecule has 4 heteroatoms. The minimum Gasteiger partial charge on any atom is -0.467 e. The van der Waals surface area contributed by atoms with E-state index in [4.69, 9.17) is 9.47 Å². The third kappa shape index (κ3) is 1.76. The summed E-state index contributed by atoms with van der Waals surface area (Å²) in [5, 5.41) is 0. The maximum atomic E-state index is 11.1. The molecule has 0 radical (unpaired) electrons. The molecule has 1 fully saturated rings. The van der Waals surface area contributed by atoms with Crippen molar-refractivity contribution < 1.29 is 19.0 Å². The van der Waals surface area contributed by atoms with Gasteiger partial charge < -0.3 is 14.2 Å². The fourth-order valence-electron chi connectivity index (χ4n) is 1.29. The predicted octanol–water partition coefficient (Wildman–Crippen LogP) is 0.699. The molecular formula is C8H14O4. The van der Waals surface area contributed by atoms with Gasteiger partial charge in [0.2, 0.25) is 0 Å². The molecule has 0 aliphatic carbocycles. The Hall–Kier alpha value is -0.610. The monoisotopic (exact) mass is 174 g/mol. The van der Waals surface area contributed by atoms with E-state index in [9.17, 15) is 4.79 Å². The highest BCUT2D eigenvalue weighted by molar-refractivity contribution is 5.75. The van der Waals surface area contributed by atoms with E-state index in [2.05, 4.69) is 4.74 Å². The van der Waals surface area contributed by atoms with Gasteiger partial charge in [-0.05, 0) is 20.8 Å². The molecule has 0 unspecified atom stereocenters. The molecule has 4 nitrogen and oxygen atoms in total. The molecule has 1 heterocycles. The van der Waals surface area contributed by atoms with Crippen LogP contribution in [0.1, 0.15) is 20.8 Å². The molecule has 2 atom stereocenters. The summed E-state index contributed by atoms with van der Waals surface area (Å²) >= 11 is 0. The molecule has 0 aromatic rings. The topological polar surface area (TPSA) is 44.8 Å². The number of hydrogen-bond donors (Lipinski definition) is 0. The zero-order chi connectivity index (χ0) is 9.35. The van der Waals surface area contributed by atoms with Crippen LogP contribution in [-0.4, -0.2) is 31.1 Å². The second-order valence-corrected chi connectivity index (χ2v) is 3.28. The van der Waals surface area contributed by atoms with Crippen molar-refractivity contribution in [2.75, 3.05) is 7.11 Å². The average Bonchev–Trinajstić information content (AvgIpc) is 2.23. The van der Waals surface area contributed by atoms with Crippen LogP contribution >= 0.6 is 0 Å². The van der Waals surface area contributed by atoms with Gasteiger partial charge in [-0.25, -0.2) is 4.79 Å². The minimum atomic E-state index is -0.682. The highest BCUT2D eigenvalue weighted by Crippen LogP contribution is 2.28. The Morgan fingerprint density at radius 1 is 1.42 bits per heavy atom. The van der Waals surface area contributed by atoms with Crippen molar-refractivity contribution >= 4 is 5.97 Å². The molecule has 0 N–H and O–H groups in total. The van der Waals surface area contributed by atoms with Crippen molar-refractivity contribution in [1.82, 2.24) is 0 Å². The molecule has 0 amide bonds. The van der Waals surface area contributed by atoms with Crippen LogP contribution in [0, 0.1) is 0 Å². The van der Waals surface area contributed by atoms with E-state index in [1.54, 1.807) is 20.8 Å². The molecule has 0 bridgehead atoms. The summed E-state index contributed by atoms with van der Waals surface area (Å²) in [6.07, 6.45) is -0.836. The van der Waals surface area contributed by atoms with Gasteiger partial charge in [-0.15, -0.1) is 0 Å². The van der Waals surface area contributed by atoms with Gasteiger partial charge in [-0.1, -0.05) is 0 Å². The second-order valence-electron chi connectivity index (χ2n) is 3.28. The molecular weight excluding hydrogens is 160 g/mol. The van der Waals surface area contributed by atoms with Crippen LogP contribution in [0.2, 0.25) is 0 Å². The van der Waals surface area contributed by atoms with Gasteiger partial charge in [0.25, 0.3) is 0 Å². The van der Waals surface area contributed by atoms with Crippen molar-refractivity contribution in [3.63, 3.8) is 0 Å². The fraction of sp³-hybridized carbons (Fsp3) is 0.875. The highest BCUT2D eigenvalue weighted by atomic mass is 16.8. The Morgan fingerprint density at radius 3 is 2.33 bits per heavy atom. The van der Waals surface area contributed by atoms with Crippen molar-refractivity contribution in [2.45, 2.75) is 38.8 Å². The van der Waals surface area contributed by atoms with Crippen molar-refractivity contribution in [1.29, 1.82) is 0 Å². The summed E-state index contributed by atoms with van der Waals surface area (Å²) < 4.78 is 15.2. The molecule has 70 valence electrons. The first kappa shape index (κ1) is 9.48. The van der Waals surface area contributed by atoms with E-state index >= 15 is 0 Å². The molecule has 12 heavy (non-hydrogen) atoms. The van der Waals surface area contributed by atoms with Gasteiger partial charge >= 0.3 is 5.97 Å². The van der Waals surface area contributed by atoms with Crippen molar-refractivity contribution in [2.24, 2.45) is 0 Å². The Labute approximate surface area is 71.8 Å². The van der Waals surface area contributed by atoms with E-state index in [0.717, 1.165) is 0 Å². The number of ether oxygens (including phenoxy) is 3. The van der Waals surface area contributed by atoms with Crippen LogP contribution in [0.3, 0.4) is 0 Å². The third-order valence-corrected chi connectivity index (χ3v) is 1.74. The van der Waals surface area contributed by atoms with Gasteiger partial charge in [0.1, 0.15) is 0 Å². The van der Waals surface area contributed by atoms with Gasteiger partial charge in [-0.2, -0.15) is 0 Å². The maximum Gasteiger partial charge on any atom is 0.337 e. The number of esters is 1. The first-order chi connectivity index (χ1) is 5.46. The van der Waals surface area contributed by atoms with Crippen LogP contribution in [0.25, 0.3) is 0 Å². The van der Waals surface area contributed by atoms with Crippen LogP contribution in [0.5, 0.6) is 0 Å². The molecule has 1 aliphatic rings. The van der Waals surface area contributed by atoms with E-state index < -0.39 is 11.9 Å². The lowest BCUT2D eigenvalue weighted by Crippen LogP contribution is -2.30. The molecule has 0 aromatic carbocycles. The molecule has 0 saturated carbocycles. The number of rotatable bonds is 1. The van der Waals surface area contributed by atoms with Crippen molar-refractivity contribution in [3.8, 4) is 0 Å². The van der Waals surface area contributed by atoms with Gasteiger partial charge in [0, 0.05) is 0 Å². The Morgan fingerprint density at radius 2 is 2.00 bits per heavy atom. The summed E-state index contributed by atoms with van der Waals surface area (Å²) in [5.41, 5.74) is 0. The van der Waals surface area contributed by atoms with Crippen LogP contribution < -0.4 is 0 Å². The summed E-state index contributed by atoms with van der Waals surface area (Å²) in [6, 6.07) is 0. The highest BCUT2D eigenvalue weighted by Gasteiger charge is 2.43. The first-order valence-corrected chi connectivity index (χ1v) is 3.90. The number of carbonyl (C=O) groups is 1. The van der Waals surface area contributed by atoms with E-state index in [1.807, 2.05) is 0 Å². The van der Waals surface area contributed by atoms with Gasteiger partial charge in [0.15, 0.2) is 11.9 Å². The van der Waals surface area contributed by atoms with Gasteiger partial charge in [0.05, 0.1) is 13.2 Å². The second kappa shape index (κ2) is 3.03. The lowest BCUT2D eigenvalue weighted by atomic mass is 10.2. The molecule has 1 aliphatic heterocycles. The predicted molar refractivity (Wildman–Crippen MR) is 41.5 cm³/mol. The summed E-state index contributed by atoms with van der Waals surface area (Å²) in [5.74, 6) is -1.06. The zero-order valence-electron chi connectivity index (χ0n) is 7.79. The van der Waals surface area contributed by atoms with Crippen molar-refractivity contribution in [3.05, 3.63) is 0 Å². The molecule has 1 saturated heterocycles. The zero-order valence-corrected chi connectivity index (χ0v) is 7.79. The molecule has 1 rings (SSSR count). The van der Waals surface area contributed by atoms with Gasteiger partial charge in [-0.3, -0.25) is 0 Å². The quantitative estimate of drug-likeness (QED) is 0.549. The summed E-state index contributed by atoms with van der Waals surface area (Å²) in [4.78, 5) is 11.1. The lowest BCUT2D eigenvalue weighted by molar-refractivity contribution is -0.168. The van der Waals surface area contributed by atoms with E-state index in [1.165, 1.54) is 7.11 Å². The molecule has 0 aromatic heterocycles. The maximum absolute atomic E-state index is 11.1. The van der Waals surface area contributed by atoms with Crippen LogP contribution in [-0.2, 0) is 19.0 Å². The lowest BCUT2D eigenvalue weighted by Gasteiger charge is -2.15. The average molecular weight is 174 g/mol. The van der Waals surface area contributed by atoms with E-state index in [0.29, 0.717) is 0 Å². The van der Waals surface area contributed by atoms with Crippen LogP contribution in [0.4, 0.5) is 0 Å². The Bertz CT molecular complexity index is 187. The third-order valence-electron chi connectivity index (χ3n) is 1.74. The largest absolute Gasteiger partial charge is 0.467 e.